The second-order valence-electron chi connectivity index (χ2n) is 4.30. The van der Waals surface area contributed by atoms with E-state index >= 15 is 0 Å². The molecule has 0 saturated carbocycles. The van der Waals surface area contributed by atoms with Crippen LogP contribution in [0.1, 0.15) is 25.8 Å². The summed E-state index contributed by atoms with van der Waals surface area (Å²) in [6.45, 7) is 8.18. The van der Waals surface area contributed by atoms with Crippen molar-refractivity contribution in [2.75, 3.05) is 25.5 Å². The SMILES string of the molecule is CCC(C)N(C)CCNc1ncnc(Cl)c1C. The van der Waals surface area contributed by atoms with Gasteiger partial charge in [-0.1, -0.05) is 18.5 Å². The fraction of sp³-hybridized carbons (Fsp3) is 0.667. The average molecular weight is 257 g/mol. The van der Waals surface area contributed by atoms with E-state index in [9.17, 15) is 0 Å². The highest BCUT2D eigenvalue weighted by atomic mass is 35.5. The Morgan fingerprint density at radius 1 is 1.47 bits per heavy atom. The van der Waals surface area contributed by atoms with Crippen molar-refractivity contribution in [2.24, 2.45) is 0 Å². The Morgan fingerprint density at radius 2 is 2.18 bits per heavy atom. The van der Waals surface area contributed by atoms with Crippen LogP contribution < -0.4 is 5.32 Å². The quantitative estimate of drug-likeness (QED) is 0.795. The van der Waals surface area contributed by atoms with Crippen LogP contribution in [0, 0.1) is 6.92 Å². The summed E-state index contributed by atoms with van der Waals surface area (Å²) in [6, 6.07) is 0.604. The summed E-state index contributed by atoms with van der Waals surface area (Å²) in [7, 11) is 2.13. The van der Waals surface area contributed by atoms with E-state index in [1.54, 1.807) is 0 Å². The van der Waals surface area contributed by atoms with Crippen molar-refractivity contribution in [3.63, 3.8) is 0 Å². The van der Waals surface area contributed by atoms with Gasteiger partial charge < -0.3 is 10.2 Å². The summed E-state index contributed by atoms with van der Waals surface area (Å²) in [5.74, 6) is 0.822. The lowest BCUT2D eigenvalue weighted by Gasteiger charge is -2.23. The lowest BCUT2D eigenvalue weighted by molar-refractivity contribution is 0.261. The van der Waals surface area contributed by atoms with Gasteiger partial charge in [0, 0.05) is 24.7 Å². The Labute approximate surface area is 108 Å². The van der Waals surface area contributed by atoms with Crippen LogP contribution in [0.4, 0.5) is 5.82 Å². The first-order valence-corrected chi connectivity index (χ1v) is 6.35. The van der Waals surface area contributed by atoms with Gasteiger partial charge in [0.25, 0.3) is 0 Å². The molecule has 0 radical (unpaired) electrons. The number of nitrogens with zero attached hydrogens (tertiary/aromatic N) is 3. The lowest BCUT2D eigenvalue weighted by atomic mass is 10.2. The maximum Gasteiger partial charge on any atom is 0.137 e. The molecule has 0 fully saturated rings. The molecule has 0 spiro atoms. The molecule has 0 amide bonds. The largest absolute Gasteiger partial charge is 0.368 e. The van der Waals surface area contributed by atoms with Crippen molar-refractivity contribution in [1.82, 2.24) is 14.9 Å². The molecule has 0 aliphatic carbocycles. The fourth-order valence-electron chi connectivity index (χ4n) is 1.49. The van der Waals surface area contributed by atoms with Gasteiger partial charge in [0.15, 0.2) is 0 Å². The second kappa shape index (κ2) is 6.77. The third-order valence-corrected chi connectivity index (χ3v) is 3.50. The minimum Gasteiger partial charge on any atom is -0.368 e. The Balaban J connectivity index is 2.43. The third-order valence-electron chi connectivity index (χ3n) is 3.12. The van der Waals surface area contributed by atoms with Gasteiger partial charge in [-0.25, -0.2) is 9.97 Å². The zero-order valence-electron chi connectivity index (χ0n) is 11.0. The number of rotatable bonds is 6. The summed E-state index contributed by atoms with van der Waals surface area (Å²) in [4.78, 5) is 10.4. The van der Waals surface area contributed by atoms with Gasteiger partial charge in [-0.05, 0) is 27.3 Å². The van der Waals surface area contributed by atoms with Gasteiger partial charge in [-0.3, -0.25) is 0 Å². The predicted molar refractivity (Wildman–Crippen MR) is 72.7 cm³/mol. The number of hydrogen-bond donors (Lipinski definition) is 1. The van der Waals surface area contributed by atoms with E-state index in [1.807, 2.05) is 6.92 Å². The van der Waals surface area contributed by atoms with Gasteiger partial charge in [0.1, 0.15) is 17.3 Å². The molecular weight excluding hydrogens is 236 g/mol. The van der Waals surface area contributed by atoms with Crippen LogP contribution >= 0.6 is 11.6 Å². The smallest absolute Gasteiger partial charge is 0.137 e. The molecule has 1 atom stereocenters. The molecule has 0 bridgehead atoms. The number of aromatic nitrogens is 2. The Bertz CT molecular complexity index is 356. The minimum absolute atomic E-state index is 0.512. The summed E-state index contributed by atoms with van der Waals surface area (Å²) < 4.78 is 0. The molecule has 96 valence electrons. The van der Waals surface area contributed by atoms with E-state index in [4.69, 9.17) is 11.6 Å². The van der Waals surface area contributed by atoms with E-state index in [0.717, 1.165) is 30.9 Å². The highest BCUT2D eigenvalue weighted by Crippen LogP contribution is 2.17. The van der Waals surface area contributed by atoms with Crippen LogP contribution in [-0.2, 0) is 0 Å². The maximum atomic E-state index is 5.93. The highest BCUT2D eigenvalue weighted by Gasteiger charge is 2.07. The van der Waals surface area contributed by atoms with Crippen LogP contribution in [0.5, 0.6) is 0 Å². The minimum atomic E-state index is 0.512. The Hall–Kier alpha value is -0.870. The van der Waals surface area contributed by atoms with Gasteiger partial charge in [0.05, 0.1) is 0 Å². The number of anilines is 1. The number of halogens is 1. The molecule has 1 aromatic heterocycles. The van der Waals surface area contributed by atoms with Crippen molar-refractivity contribution in [2.45, 2.75) is 33.2 Å². The van der Waals surface area contributed by atoms with Crippen molar-refractivity contribution in [3.05, 3.63) is 17.0 Å². The molecule has 0 aliphatic heterocycles. The van der Waals surface area contributed by atoms with Crippen molar-refractivity contribution in [3.8, 4) is 0 Å². The normalized spacial score (nSPS) is 12.8. The Kier molecular flexibility index (Phi) is 5.65. The zero-order valence-corrected chi connectivity index (χ0v) is 11.8. The van der Waals surface area contributed by atoms with Crippen LogP contribution in [0.15, 0.2) is 6.33 Å². The van der Waals surface area contributed by atoms with Gasteiger partial charge in [-0.2, -0.15) is 0 Å². The van der Waals surface area contributed by atoms with Crippen LogP contribution in [0.25, 0.3) is 0 Å². The highest BCUT2D eigenvalue weighted by molar-refractivity contribution is 6.30. The molecule has 1 unspecified atom stereocenters. The first-order valence-electron chi connectivity index (χ1n) is 5.97. The first kappa shape index (κ1) is 14.2. The van der Waals surface area contributed by atoms with Gasteiger partial charge in [0.2, 0.25) is 0 Å². The van der Waals surface area contributed by atoms with E-state index in [2.05, 4.69) is 41.1 Å². The zero-order chi connectivity index (χ0) is 12.8. The van der Waals surface area contributed by atoms with E-state index in [1.165, 1.54) is 6.33 Å². The number of hydrogen-bond acceptors (Lipinski definition) is 4. The molecule has 1 N–H and O–H groups in total. The molecule has 0 aliphatic rings. The van der Waals surface area contributed by atoms with Gasteiger partial charge in [-0.15, -0.1) is 0 Å². The third kappa shape index (κ3) is 4.13. The molecule has 1 heterocycles. The lowest BCUT2D eigenvalue weighted by Crippen LogP contribution is -2.32. The van der Waals surface area contributed by atoms with Crippen LogP contribution in [-0.4, -0.2) is 41.0 Å². The number of likely N-dealkylation sites (N-methyl/N-ethyl adjacent to an activating group) is 1. The van der Waals surface area contributed by atoms with Crippen molar-refractivity contribution in [1.29, 1.82) is 0 Å². The fourth-order valence-corrected chi connectivity index (χ4v) is 1.62. The second-order valence-corrected chi connectivity index (χ2v) is 4.66. The summed E-state index contributed by atoms with van der Waals surface area (Å²) >= 11 is 5.93. The van der Waals surface area contributed by atoms with Crippen LogP contribution in [0.3, 0.4) is 0 Å². The predicted octanol–water partition coefficient (Wildman–Crippen LogP) is 2.58. The van der Waals surface area contributed by atoms with Crippen LogP contribution in [0.2, 0.25) is 5.15 Å². The summed E-state index contributed by atoms with van der Waals surface area (Å²) in [6.07, 6.45) is 2.64. The molecule has 0 aromatic carbocycles. The number of nitrogens with one attached hydrogen (secondary N) is 1. The molecule has 1 rings (SSSR count). The molecule has 4 nitrogen and oxygen atoms in total. The maximum absolute atomic E-state index is 5.93. The molecule has 0 saturated heterocycles. The molecule has 1 aromatic rings. The topological polar surface area (TPSA) is 41.0 Å². The summed E-state index contributed by atoms with van der Waals surface area (Å²) in [5.41, 5.74) is 0.903. The summed E-state index contributed by atoms with van der Waals surface area (Å²) in [5, 5.41) is 3.80. The van der Waals surface area contributed by atoms with E-state index < -0.39 is 0 Å². The standard InChI is InChI=1S/C12H21ClN4/c1-5-9(2)17(4)7-6-14-12-10(3)11(13)15-8-16-12/h8-9H,5-7H2,1-4H3,(H,14,15,16). The van der Waals surface area contributed by atoms with Crippen molar-refractivity contribution >= 4 is 17.4 Å². The average Bonchev–Trinajstić information content (AvgIpc) is 2.33. The monoisotopic (exact) mass is 256 g/mol. The molecular formula is C12H21ClN4. The molecule has 5 heteroatoms. The van der Waals surface area contributed by atoms with Gasteiger partial charge >= 0.3 is 0 Å². The Morgan fingerprint density at radius 3 is 2.82 bits per heavy atom. The molecule has 17 heavy (non-hydrogen) atoms. The van der Waals surface area contributed by atoms with E-state index in [0.29, 0.717) is 11.2 Å². The van der Waals surface area contributed by atoms with E-state index in [-0.39, 0.29) is 0 Å². The first-order chi connectivity index (χ1) is 8.06. The van der Waals surface area contributed by atoms with Crippen molar-refractivity contribution < 1.29 is 0 Å².